The van der Waals surface area contributed by atoms with E-state index in [0.717, 1.165) is 19.6 Å². The van der Waals surface area contributed by atoms with Crippen LogP contribution >= 0.6 is 0 Å². The lowest BCUT2D eigenvalue weighted by atomic mass is 10.00. The van der Waals surface area contributed by atoms with Gasteiger partial charge in [0.2, 0.25) is 0 Å². The summed E-state index contributed by atoms with van der Waals surface area (Å²) in [6.07, 6.45) is 1.17. The summed E-state index contributed by atoms with van der Waals surface area (Å²) >= 11 is 0. The van der Waals surface area contributed by atoms with E-state index in [-0.39, 0.29) is 0 Å². The van der Waals surface area contributed by atoms with Crippen LogP contribution in [0, 0.1) is 5.92 Å². The van der Waals surface area contributed by atoms with Crippen molar-refractivity contribution < 1.29 is 0 Å². The summed E-state index contributed by atoms with van der Waals surface area (Å²) in [5.74, 6) is 0.615. The van der Waals surface area contributed by atoms with Gasteiger partial charge in [-0.25, -0.2) is 0 Å². The van der Waals surface area contributed by atoms with E-state index in [1.54, 1.807) is 0 Å². The zero-order chi connectivity index (χ0) is 11.5. The zero-order valence-electron chi connectivity index (χ0n) is 10.3. The summed E-state index contributed by atoms with van der Waals surface area (Å²) in [5, 5.41) is 0. The van der Waals surface area contributed by atoms with Gasteiger partial charge in [0, 0.05) is 25.7 Å². The number of nitrogens with two attached hydrogens (primary N) is 1. The van der Waals surface area contributed by atoms with Crippen molar-refractivity contribution in [3.8, 4) is 0 Å². The van der Waals surface area contributed by atoms with E-state index in [0.29, 0.717) is 12.0 Å². The van der Waals surface area contributed by atoms with Gasteiger partial charge in [-0.3, -0.25) is 4.90 Å². The normalized spacial score (nSPS) is 19.4. The number of hydrogen-bond acceptors (Lipinski definition) is 2. The first-order valence-corrected chi connectivity index (χ1v) is 6.25. The van der Waals surface area contributed by atoms with Crippen LogP contribution in [0.15, 0.2) is 24.3 Å². The van der Waals surface area contributed by atoms with Crippen LogP contribution in [0.5, 0.6) is 0 Å². The Morgan fingerprint density at radius 3 is 2.31 bits per heavy atom. The van der Waals surface area contributed by atoms with Crippen LogP contribution in [0.4, 0.5) is 0 Å². The van der Waals surface area contributed by atoms with E-state index >= 15 is 0 Å². The van der Waals surface area contributed by atoms with Gasteiger partial charge < -0.3 is 5.73 Å². The number of fused-ring (bicyclic) bond motifs is 1. The smallest absolute Gasteiger partial charge is 0.0241 e. The molecular weight excluding hydrogens is 196 g/mol. The van der Waals surface area contributed by atoms with Gasteiger partial charge in [0.25, 0.3) is 0 Å². The molecule has 1 heterocycles. The average molecular weight is 218 g/mol. The van der Waals surface area contributed by atoms with Gasteiger partial charge in [0.15, 0.2) is 0 Å². The molecule has 1 aromatic carbocycles. The molecule has 2 atom stereocenters. The molecule has 1 aliphatic rings. The summed E-state index contributed by atoms with van der Waals surface area (Å²) in [4.78, 5) is 2.46. The first kappa shape index (κ1) is 11.6. The second-order valence-electron chi connectivity index (χ2n) is 4.99. The topological polar surface area (TPSA) is 29.3 Å². The first-order chi connectivity index (χ1) is 7.70. The van der Waals surface area contributed by atoms with Crippen molar-refractivity contribution in [2.45, 2.75) is 39.4 Å². The largest absolute Gasteiger partial charge is 0.326 e. The second-order valence-corrected chi connectivity index (χ2v) is 4.99. The monoisotopic (exact) mass is 218 g/mol. The molecule has 16 heavy (non-hydrogen) atoms. The fourth-order valence-electron chi connectivity index (χ4n) is 2.31. The van der Waals surface area contributed by atoms with Crippen LogP contribution in [-0.4, -0.2) is 17.5 Å². The zero-order valence-corrected chi connectivity index (χ0v) is 10.3. The van der Waals surface area contributed by atoms with Crippen molar-refractivity contribution in [3.63, 3.8) is 0 Å². The predicted molar refractivity (Wildman–Crippen MR) is 68.0 cm³/mol. The van der Waals surface area contributed by atoms with Crippen LogP contribution < -0.4 is 5.73 Å². The van der Waals surface area contributed by atoms with Gasteiger partial charge in [-0.15, -0.1) is 0 Å². The Morgan fingerprint density at radius 2 is 1.81 bits per heavy atom. The van der Waals surface area contributed by atoms with Crippen molar-refractivity contribution in [2.24, 2.45) is 11.7 Å². The number of benzene rings is 1. The highest BCUT2D eigenvalue weighted by Gasteiger charge is 2.21. The molecule has 2 heteroatoms. The standard InChI is InChI=1S/C14H22N2/c1-3-11(2)14(15)10-16-8-12-6-4-5-7-13(12)9-16/h4-7,11,14H,3,8-10,15H2,1-2H3. The molecule has 0 aliphatic carbocycles. The van der Waals surface area contributed by atoms with E-state index in [4.69, 9.17) is 5.73 Å². The Balaban J connectivity index is 1.92. The van der Waals surface area contributed by atoms with E-state index in [1.165, 1.54) is 17.5 Å². The highest BCUT2D eigenvalue weighted by Crippen LogP contribution is 2.22. The molecule has 0 amide bonds. The maximum atomic E-state index is 6.20. The number of rotatable bonds is 4. The molecular formula is C14H22N2. The summed E-state index contributed by atoms with van der Waals surface area (Å²) < 4.78 is 0. The molecule has 2 N–H and O–H groups in total. The molecule has 0 saturated heterocycles. The Hall–Kier alpha value is -0.860. The molecule has 0 radical (unpaired) electrons. The minimum absolute atomic E-state index is 0.305. The predicted octanol–water partition coefficient (Wildman–Crippen LogP) is 2.38. The Bertz CT molecular complexity index is 323. The lowest BCUT2D eigenvalue weighted by Gasteiger charge is -2.24. The Kier molecular flexibility index (Phi) is 3.62. The average Bonchev–Trinajstić information content (AvgIpc) is 2.69. The molecule has 0 fully saturated rings. The molecule has 88 valence electrons. The Morgan fingerprint density at radius 1 is 1.25 bits per heavy atom. The summed E-state index contributed by atoms with van der Waals surface area (Å²) in [5.41, 5.74) is 9.14. The van der Waals surface area contributed by atoms with Crippen molar-refractivity contribution in [3.05, 3.63) is 35.4 Å². The fourth-order valence-corrected chi connectivity index (χ4v) is 2.31. The fraction of sp³-hybridized carbons (Fsp3) is 0.571. The Labute approximate surface area is 98.4 Å². The molecule has 1 aromatic rings. The number of hydrogen-bond donors (Lipinski definition) is 1. The van der Waals surface area contributed by atoms with Crippen LogP contribution in [-0.2, 0) is 13.1 Å². The van der Waals surface area contributed by atoms with Crippen LogP contribution in [0.2, 0.25) is 0 Å². The van der Waals surface area contributed by atoms with Gasteiger partial charge >= 0.3 is 0 Å². The molecule has 2 rings (SSSR count). The molecule has 2 unspecified atom stereocenters. The van der Waals surface area contributed by atoms with Crippen molar-refractivity contribution in [2.75, 3.05) is 6.54 Å². The van der Waals surface area contributed by atoms with Crippen molar-refractivity contribution in [1.82, 2.24) is 4.90 Å². The molecule has 0 bridgehead atoms. The third kappa shape index (κ3) is 2.45. The maximum absolute atomic E-state index is 6.20. The van der Waals surface area contributed by atoms with Crippen LogP contribution in [0.3, 0.4) is 0 Å². The maximum Gasteiger partial charge on any atom is 0.0241 e. The van der Waals surface area contributed by atoms with Crippen molar-refractivity contribution >= 4 is 0 Å². The molecule has 0 aromatic heterocycles. The third-order valence-corrected chi connectivity index (χ3v) is 3.75. The molecule has 0 spiro atoms. The van der Waals surface area contributed by atoms with Gasteiger partial charge in [-0.2, -0.15) is 0 Å². The minimum atomic E-state index is 0.305. The molecule has 1 aliphatic heterocycles. The van der Waals surface area contributed by atoms with E-state index < -0.39 is 0 Å². The van der Waals surface area contributed by atoms with E-state index in [9.17, 15) is 0 Å². The first-order valence-electron chi connectivity index (χ1n) is 6.25. The summed E-state index contributed by atoms with van der Waals surface area (Å²) in [6, 6.07) is 9.00. The lowest BCUT2D eigenvalue weighted by Crippen LogP contribution is -2.39. The SMILES string of the molecule is CCC(C)C(N)CN1Cc2ccccc2C1. The molecule has 0 saturated carbocycles. The highest BCUT2D eigenvalue weighted by molar-refractivity contribution is 5.30. The van der Waals surface area contributed by atoms with Crippen LogP contribution in [0.1, 0.15) is 31.4 Å². The van der Waals surface area contributed by atoms with Gasteiger partial charge in [0.05, 0.1) is 0 Å². The van der Waals surface area contributed by atoms with E-state index in [2.05, 4.69) is 43.0 Å². The van der Waals surface area contributed by atoms with Crippen LogP contribution in [0.25, 0.3) is 0 Å². The van der Waals surface area contributed by atoms with Gasteiger partial charge in [-0.05, 0) is 17.0 Å². The summed E-state index contributed by atoms with van der Waals surface area (Å²) in [7, 11) is 0. The minimum Gasteiger partial charge on any atom is -0.326 e. The highest BCUT2D eigenvalue weighted by atomic mass is 15.1. The van der Waals surface area contributed by atoms with E-state index in [1.807, 2.05) is 0 Å². The van der Waals surface area contributed by atoms with Gasteiger partial charge in [-0.1, -0.05) is 44.5 Å². The lowest BCUT2D eigenvalue weighted by molar-refractivity contribution is 0.237. The summed E-state index contributed by atoms with van der Waals surface area (Å²) in [6.45, 7) is 7.61. The van der Waals surface area contributed by atoms with Gasteiger partial charge in [0.1, 0.15) is 0 Å². The van der Waals surface area contributed by atoms with Crippen molar-refractivity contribution in [1.29, 1.82) is 0 Å². The number of nitrogens with zero attached hydrogens (tertiary/aromatic N) is 1. The third-order valence-electron chi connectivity index (χ3n) is 3.75. The molecule has 2 nitrogen and oxygen atoms in total. The quantitative estimate of drug-likeness (QED) is 0.840. The second kappa shape index (κ2) is 4.98.